The van der Waals surface area contributed by atoms with Crippen LogP contribution in [0.5, 0.6) is 0 Å². The van der Waals surface area contributed by atoms with Crippen LogP contribution in [0, 0.1) is 0 Å². The second kappa shape index (κ2) is 31.0. The fraction of sp³-hybridized carbons (Fsp3) is 0.640. The first-order valence-electron chi connectivity index (χ1n) is 25.1. The second-order valence-electron chi connectivity index (χ2n) is 18.6. The van der Waals surface area contributed by atoms with Crippen molar-refractivity contribution in [3.05, 3.63) is 59.7 Å². The highest BCUT2D eigenvalue weighted by Gasteiger charge is 2.46. The van der Waals surface area contributed by atoms with Gasteiger partial charge in [-0.2, -0.15) is 0 Å². The Bertz CT molecular complexity index is 1820. The number of unbranched alkanes of at least 4 members (excludes halogenated alkanes) is 2. The van der Waals surface area contributed by atoms with Crippen molar-refractivity contribution < 1.29 is 45.2 Å². The highest BCUT2D eigenvalue weighted by atomic mass is 35.5. The fourth-order valence-corrected chi connectivity index (χ4v) is 10.3. The van der Waals surface area contributed by atoms with E-state index >= 15 is 0 Å². The molecular formula is C50H82Cl2N10O9. The number of benzene rings is 2. The van der Waals surface area contributed by atoms with Gasteiger partial charge in [-0.15, -0.1) is 24.8 Å². The number of imide groups is 2. The molecular weight excluding hydrogens is 956 g/mol. The SMILES string of the molecule is CCCNC(=O)c1ccccc1N1CCN(CCCCN2C(=O)C3CCCCN3C2=O)CC1.CCCNC(=O)c1ccccc1N1CCN(CCCCN2C(=O)C3CCCCN3C2=O)CC1.Cl.Cl.O.O.O. The van der Waals surface area contributed by atoms with E-state index in [2.05, 4.69) is 44.1 Å². The standard InChI is InChI=1S/2C25H37N5O3.2ClH.3H2O/c2*1-2-12-26-23(31)20-9-3-4-10-21(20)28-18-16-27(17-19-28)13-7-8-15-30-24(32)22-11-5-6-14-29(22)25(30)33;;;;;/h2*3-4,9-10,22H,2,5-8,11-19H2,1H3,(H,26,31);2*1H;3*1H2. The number of halogens is 2. The zero-order valence-corrected chi connectivity index (χ0v) is 43.5. The Kier molecular flexibility index (Phi) is 27.2. The maximum Gasteiger partial charge on any atom is 0.327 e. The molecule has 400 valence electrons. The molecule has 0 saturated carbocycles. The summed E-state index contributed by atoms with van der Waals surface area (Å²) in [5.41, 5.74) is 3.51. The molecule has 2 aromatic carbocycles. The average Bonchev–Trinajstić information content (AvgIpc) is 3.75. The van der Waals surface area contributed by atoms with Gasteiger partial charge in [-0.3, -0.25) is 38.8 Å². The lowest BCUT2D eigenvalue weighted by Gasteiger charge is -2.37. The van der Waals surface area contributed by atoms with Crippen molar-refractivity contribution in [1.29, 1.82) is 0 Å². The van der Waals surface area contributed by atoms with Crippen LogP contribution in [0.1, 0.15) is 112 Å². The Hall–Kier alpha value is -4.76. The molecule has 6 aliphatic rings. The molecule has 8 rings (SSSR count). The van der Waals surface area contributed by atoms with Crippen molar-refractivity contribution in [2.24, 2.45) is 0 Å². The Morgan fingerprint density at radius 1 is 0.493 bits per heavy atom. The van der Waals surface area contributed by atoms with Crippen LogP contribution in [0.2, 0.25) is 0 Å². The predicted octanol–water partition coefficient (Wildman–Crippen LogP) is 3.46. The monoisotopic (exact) mass is 1040 g/mol. The van der Waals surface area contributed by atoms with Crippen LogP contribution < -0.4 is 20.4 Å². The minimum Gasteiger partial charge on any atom is -0.412 e. The maximum absolute atomic E-state index is 12.6. The summed E-state index contributed by atoms with van der Waals surface area (Å²) >= 11 is 0. The van der Waals surface area contributed by atoms with Crippen LogP contribution in [0.4, 0.5) is 21.0 Å². The predicted molar refractivity (Wildman–Crippen MR) is 282 cm³/mol. The van der Waals surface area contributed by atoms with E-state index in [4.69, 9.17) is 0 Å². The first kappa shape index (κ1) is 62.4. The Morgan fingerprint density at radius 2 is 0.845 bits per heavy atom. The van der Waals surface area contributed by atoms with Gasteiger partial charge in [-0.25, -0.2) is 9.59 Å². The number of carbonyl (C=O) groups is 6. The van der Waals surface area contributed by atoms with Crippen molar-refractivity contribution in [3.8, 4) is 0 Å². The number of amides is 8. The lowest BCUT2D eigenvalue weighted by Crippen LogP contribution is -2.47. The molecule has 19 nitrogen and oxygen atoms in total. The number of piperidine rings is 2. The largest absolute Gasteiger partial charge is 0.412 e. The van der Waals surface area contributed by atoms with Gasteiger partial charge in [0.25, 0.3) is 23.6 Å². The third-order valence-corrected chi connectivity index (χ3v) is 14.1. The number of fused-ring (bicyclic) bond motifs is 2. The first-order valence-corrected chi connectivity index (χ1v) is 25.1. The van der Waals surface area contributed by atoms with Gasteiger partial charge in [-0.1, -0.05) is 38.1 Å². The van der Waals surface area contributed by atoms with E-state index in [1.165, 1.54) is 9.80 Å². The number of hydrogen-bond donors (Lipinski definition) is 2. The lowest BCUT2D eigenvalue weighted by molar-refractivity contribution is -0.129. The molecule has 6 aliphatic heterocycles. The number of urea groups is 2. The number of nitrogens with one attached hydrogen (secondary N) is 2. The van der Waals surface area contributed by atoms with Crippen molar-refractivity contribution in [3.63, 3.8) is 0 Å². The molecule has 8 N–H and O–H groups in total. The van der Waals surface area contributed by atoms with Gasteiger partial charge in [0.05, 0.1) is 11.1 Å². The molecule has 0 aliphatic carbocycles. The summed E-state index contributed by atoms with van der Waals surface area (Å²) in [4.78, 5) is 91.3. The summed E-state index contributed by atoms with van der Waals surface area (Å²) in [6.07, 6.45) is 11.2. The highest BCUT2D eigenvalue weighted by Crippen LogP contribution is 2.29. The van der Waals surface area contributed by atoms with E-state index in [0.29, 0.717) is 26.2 Å². The normalized spacial score (nSPS) is 20.0. The van der Waals surface area contributed by atoms with Crippen molar-refractivity contribution in [2.75, 3.05) is 115 Å². The number of para-hydroxylation sites is 2. The molecule has 2 unspecified atom stereocenters. The smallest absolute Gasteiger partial charge is 0.327 e. The summed E-state index contributed by atoms with van der Waals surface area (Å²) in [7, 11) is 0. The number of rotatable bonds is 18. The number of nitrogens with zero attached hydrogens (tertiary/aromatic N) is 8. The second-order valence-corrected chi connectivity index (χ2v) is 18.6. The van der Waals surface area contributed by atoms with Gasteiger partial charge >= 0.3 is 12.1 Å². The molecule has 6 fully saturated rings. The number of hydrogen-bond acceptors (Lipinski definition) is 10. The van der Waals surface area contributed by atoms with Gasteiger partial charge in [0, 0.05) is 103 Å². The summed E-state index contributed by atoms with van der Waals surface area (Å²) in [6, 6.07) is 15.1. The Morgan fingerprint density at radius 3 is 1.20 bits per heavy atom. The molecule has 2 aromatic rings. The molecule has 21 heteroatoms. The molecule has 0 spiro atoms. The van der Waals surface area contributed by atoms with Crippen LogP contribution in [-0.2, 0) is 9.59 Å². The van der Waals surface area contributed by atoms with Crippen LogP contribution in [0.3, 0.4) is 0 Å². The Balaban J connectivity index is 0.000000455. The van der Waals surface area contributed by atoms with Gasteiger partial charge in [0.15, 0.2) is 0 Å². The van der Waals surface area contributed by atoms with Gasteiger partial charge in [-0.05, 0) is 114 Å². The quantitative estimate of drug-likeness (QED) is 0.163. The first-order chi connectivity index (χ1) is 32.2. The third kappa shape index (κ3) is 15.6. The van der Waals surface area contributed by atoms with Crippen LogP contribution in [0.15, 0.2) is 48.5 Å². The fourth-order valence-electron chi connectivity index (χ4n) is 10.3. The summed E-state index contributed by atoms with van der Waals surface area (Å²) in [5, 5.41) is 5.97. The molecule has 71 heavy (non-hydrogen) atoms. The molecule has 0 aromatic heterocycles. The molecule has 0 radical (unpaired) electrons. The van der Waals surface area contributed by atoms with E-state index < -0.39 is 0 Å². The molecule has 6 saturated heterocycles. The lowest BCUT2D eigenvalue weighted by atomic mass is 10.0. The minimum absolute atomic E-state index is 0. The minimum atomic E-state index is -0.203. The zero-order valence-electron chi connectivity index (χ0n) is 41.9. The van der Waals surface area contributed by atoms with E-state index in [1.807, 2.05) is 48.5 Å². The molecule has 6 heterocycles. The Labute approximate surface area is 432 Å². The van der Waals surface area contributed by atoms with Gasteiger partial charge in [0.1, 0.15) is 12.1 Å². The van der Waals surface area contributed by atoms with Gasteiger partial charge in [0.2, 0.25) is 0 Å². The van der Waals surface area contributed by atoms with Crippen LogP contribution in [-0.4, -0.2) is 198 Å². The molecule has 0 bridgehead atoms. The zero-order chi connectivity index (χ0) is 46.4. The van der Waals surface area contributed by atoms with Crippen molar-refractivity contribution in [1.82, 2.24) is 40.0 Å². The summed E-state index contributed by atoms with van der Waals surface area (Å²) in [6.45, 7) is 17.3. The average molecular weight is 1040 g/mol. The molecule has 8 amide bonds. The van der Waals surface area contributed by atoms with E-state index in [0.717, 1.165) is 178 Å². The highest BCUT2D eigenvalue weighted by molar-refractivity contribution is 6.05. The third-order valence-electron chi connectivity index (χ3n) is 14.1. The number of piperazine rings is 2. The maximum atomic E-state index is 12.6. The molecule has 2 atom stereocenters. The number of anilines is 2. The topological polar surface area (TPSA) is 247 Å². The van der Waals surface area contributed by atoms with E-state index in [9.17, 15) is 28.8 Å². The van der Waals surface area contributed by atoms with Crippen molar-refractivity contribution in [2.45, 2.75) is 103 Å². The van der Waals surface area contributed by atoms with Crippen LogP contribution in [0.25, 0.3) is 0 Å². The van der Waals surface area contributed by atoms with Crippen LogP contribution >= 0.6 is 24.8 Å². The summed E-state index contributed by atoms with van der Waals surface area (Å²) in [5.74, 6) is 0.0130. The van der Waals surface area contributed by atoms with Crippen molar-refractivity contribution >= 4 is 71.9 Å². The summed E-state index contributed by atoms with van der Waals surface area (Å²) < 4.78 is 0. The number of carbonyl (C=O) groups excluding carboxylic acids is 6. The van der Waals surface area contributed by atoms with E-state index in [1.54, 1.807) is 9.80 Å². The van der Waals surface area contributed by atoms with Gasteiger partial charge < -0.3 is 46.7 Å². The van der Waals surface area contributed by atoms with E-state index in [-0.39, 0.29) is 89.0 Å².